The molecule has 122 valence electrons. The number of hydrogen-bond acceptors (Lipinski definition) is 4. The fourth-order valence-electron chi connectivity index (χ4n) is 2.95. The van der Waals surface area contributed by atoms with Crippen molar-refractivity contribution in [3.8, 4) is 0 Å². The van der Waals surface area contributed by atoms with Crippen LogP contribution in [0, 0.1) is 5.92 Å². The number of aliphatic hydroxyl groups is 1. The molecule has 0 spiro atoms. The number of carbonyl (C=O) groups is 2. The number of anilines is 1. The smallest absolute Gasteiger partial charge is 0.264 e. The van der Waals surface area contributed by atoms with E-state index in [4.69, 9.17) is 0 Å². The SMILES string of the molecule is O=C(Nc1ccc(CF)cc1)C1=C(O)C2CNCCC2NC1=O. The molecule has 6 nitrogen and oxygen atoms in total. The van der Waals surface area contributed by atoms with Crippen molar-refractivity contribution >= 4 is 17.5 Å². The zero-order valence-corrected chi connectivity index (χ0v) is 12.4. The molecular formula is C16H18FN3O3. The zero-order chi connectivity index (χ0) is 16.4. The highest BCUT2D eigenvalue weighted by Crippen LogP contribution is 2.26. The topological polar surface area (TPSA) is 90.5 Å². The Morgan fingerprint density at radius 1 is 1.35 bits per heavy atom. The maximum atomic E-state index is 12.5. The molecule has 0 aromatic heterocycles. The first-order chi connectivity index (χ1) is 11.1. The van der Waals surface area contributed by atoms with Crippen molar-refractivity contribution in [1.29, 1.82) is 0 Å². The largest absolute Gasteiger partial charge is 0.511 e. The Bertz CT molecular complexity index is 657. The summed E-state index contributed by atoms with van der Waals surface area (Å²) in [6, 6.07) is 6.05. The van der Waals surface area contributed by atoms with Gasteiger partial charge in [0.2, 0.25) is 0 Å². The number of halogens is 1. The second-order valence-electron chi connectivity index (χ2n) is 5.72. The number of alkyl halides is 1. The third kappa shape index (κ3) is 3.05. The molecule has 1 aromatic carbocycles. The summed E-state index contributed by atoms with van der Waals surface area (Å²) in [5.74, 6) is -1.71. The lowest BCUT2D eigenvalue weighted by Gasteiger charge is -2.36. The summed E-state index contributed by atoms with van der Waals surface area (Å²) in [7, 11) is 0. The average molecular weight is 319 g/mol. The quantitative estimate of drug-likeness (QED) is 0.626. The van der Waals surface area contributed by atoms with E-state index >= 15 is 0 Å². The number of nitrogens with one attached hydrogen (secondary N) is 3. The van der Waals surface area contributed by atoms with Gasteiger partial charge in [-0.2, -0.15) is 0 Å². The van der Waals surface area contributed by atoms with E-state index in [1.54, 1.807) is 24.3 Å². The molecule has 2 aliphatic heterocycles. The molecule has 1 aromatic rings. The number of amides is 2. The van der Waals surface area contributed by atoms with Gasteiger partial charge >= 0.3 is 0 Å². The van der Waals surface area contributed by atoms with Crippen LogP contribution in [0.4, 0.5) is 10.1 Å². The molecule has 2 amide bonds. The Labute approximate surface area is 132 Å². The molecule has 7 heteroatoms. The highest BCUT2D eigenvalue weighted by atomic mass is 19.1. The van der Waals surface area contributed by atoms with E-state index in [0.717, 1.165) is 6.54 Å². The monoisotopic (exact) mass is 319 g/mol. The van der Waals surface area contributed by atoms with Crippen molar-refractivity contribution in [3.63, 3.8) is 0 Å². The lowest BCUT2D eigenvalue weighted by atomic mass is 9.85. The van der Waals surface area contributed by atoms with Crippen LogP contribution >= 0.6 is 0 Å². The predicted octanol–water partition coefficient (Wildman–Crippen LogP) is 1.01. The molecule has 2 atom stereocenters. The Hall–Kier alpha value is -2.41. The second-order valence-corrected chi connectivity index (χ2v) is 5.72. The molecule has 0 saturated carbocycles. The Morgan fingerprint density at radius 3 is 2.78 bits per heavy atom. The first-order valence-corrected chi connectivity index (χ1v) is 7.51. The molecule has 1 saturated heterocycles. The lowest BCUT2D eigenvalue weighted by molar-refractivity contribution is -0.123. The van der Waals surface area contributed by atoms with E-state index < -0.39 is 18.5 Å². The van der Waals surface area contributed by atoms with Gasteiger partial charge in [0.1, 0.15) is 18.0 Å². The standard InChI is InChI=1S/C16H18FN3O3/c17-7-9-1-3-10(4-2-9)19-15(22)13-14(21)11-8-18-6-5-12(11)20-16(13)23/h1-4,11-12,18,21H,5-8H2,(H,19,22)(H,20,23). The van der Waals surface area contributed by atoms with Gasteiger partial charge in [0.25, 0.3) is 11.8 Å². The number of aliphatic hydroxyl groups excluding tert-OH is 1. The summed E-state index contributed by atoms with van der Waals surface area (Å²) in [6.45, 7) is 0.689. The maximum absolute atomic E-state index is 12.5. The minimum Gasteiger partial charge on any atom is -0.511 e. The van der Waals surface area contributed by atoms with E-state index in [9.17, 15) is 19.1 Å². The number of piperidine rings is 1. The van der Waals surface area contributed by atoms with Crippen LogP contribution in [-0.2, 0) is 16.3 Å². The summed E-state index contributed by atoms with van der Waals surface area (Å²) >= 11 is 0. The van der Waals surface area contributed by atoms with Crippen LogP contribution in [0.5, 0.6) is 0 Å². The van der Waals surface area contributed by atoms with E-state index in [1.165, 1.54) is 0 Å². The van der Waals surface area contributed by atoms with Crippen molar-refractivity contribution in [2.45, 2.75) is 19.1 Å². The molecule has 2 unspecified atom stereocenters. The molecule has 0 bridgehead atoms. The first kappa shape index (κ1) is 15.5. The Kier molecular flexibility index (Phi) is 4.29. The van der Waals surface area contributed by atoms with Gasteiger partial charge in [-0.15, -0.1) is 0 Å². The van der Waals surface area contributed by atoms with Crippen LogP contribution in [-0.4, -0.2) is 36.1 Å². The molecule has 2 aliphatic rings. The molecular weight excluding hydrogens is 301 g/mol. The maximum Gasteiger partial charge on any atom is 0.264 e. The van der Waals surface area contributed by atoms with Crippen LogP contribution in [0.3, 0.4) is 0 Å². The molecule has 3 rings (SSSR count). The van der Waals surface area contributed by atoms with Crippen molar-refractivity contribution < 1.29 is 19.1 Å². The van der Waals surface area contributed by atoms with Gasteiger partial charge in [-0.3, -0.25) is 9.59 Å². The van der Waals surface area contributed by atoms with Crippen molar-refractivity contribution in [1.82, 2.24) is 10.6 Å². The second kappa shape index (κ2) is 6.37. The molecule has 23 heavy (non-hydrogen) atoms. The first-order valence-electron chi connectivity index (χ1n) is 7.51. The summed E-state index contributed by atoms with van der Waals surface area (Å²) in [6.07, 6.45) is 0.708. The highest BCUT2D eigenvalue weighted by molar-refractivity contribution is 6.23. The zero-order valence-electron chi connectivity index (χ0n) is 12.4. The number of carbonyl (C=O) groups excluding carboxylic acids is 2. The van der Waals surface area contributed by atoms with Gasteiger partial charge < -0.3 is 21.1 Å². The molecule has 0 radical (unpaired) electrons. The molecule has 4 N–H and O–H groups in total. The van der Waals surface area contributed by atoms with Crippen molar-refractivity contribution in [2.75, 3.05) is 18.4 Å². The summed E-state index contributed by atoms with van der Waals surface area (Å²) < 4.78 is 12.5. The predicted molar refractivity (Wildman–Crippen MR) is 82.4 cm³/mol. The lowest BCUT2D eigenvalue weighted by Crippen LogP contribution is -2.55. The normalized spacial score (nSPS) is 24.0. The Balaban J connectivity index is 1.80. The van der Waals surface area contributed by atoms with Crippen molar-refractivity contribution in [2.24, 2.45) is 5.92 Å². The third-order valence-corrected chi connectivity index (χ3v) is 4.23. The van der Waals surface area contributed by atoms with Gasteiger partial charge in [-0.25, -0.2) is 4.39 Å². The minimum atomic E-state index is -0.669. The van der Waals surface area contributed by atoms with Gasteiger partial charge in [0, 0.05) is 18.3 Å². The molecule has 2 heterocycles. The number of rotatable bonds is 3. The number of benzene rings is 1. The van der Waals surface area contributed by atoms with Crippen LogP contribution in [0.25, 0.3) is 0 Å². The van der Waals surface area contributed by atoms with Gasteiger partial charge in [0.05, 0.1) is 5.92 Å². The molecule has 1 fully saturated rings. The minimum absolute atomic E-state index is 0.149. The van der Waals surface area contributed by atoms with Crippen LogP contribution in [0.2, 0.25) is 0 Å². The molecule has 0 aliphatic carbocycles. The summed E-state index contributed by atoms with van der Waals surface area (Å²) in [4.78, 5) is 24.5. The van der Waals surface area contributed by atoms with Crippen LogP contribution in [0.1, 0.15) is 12.0 Å². The third-order valence-electron chi connectivity index (χ3n) is 4.23. The Morgan fingerprint density at radius 2 is 2.09 bits per heavy atom. The average Bonchev–Trinajstić information content (AvgIpc) is 2.55. The van der Waals surface area contributed by atoms with Crippen LogP contribution < -0.4 is 16.0 Å². The fourth-order valence-corrected chi connectivity index (χ4v) is 2.95. The van der Waals surface area contributed by atoms with E-state index in [0.29, 0.717) is 24.2 Å². The fraction of sp³-hybridized carbons (Fsp3) is 0.375. The van der Waals surface area contributed by atoms with Gasteiger partial charge in [0.15, 0.2) is 0 Å². The van der Waals surface area contributed by atoms with E-state index in [1.807, 2.05) is 0 Å². The van der Waals surface area contributed by atoms with Crippen molar-refractivity contribution in [3.05, 3.63) is 41.2 Å². The van der Waals surface area contributed by atoms with Gasteiger partial charge in [-0.05, 0) is 30.7 Å². The highest BCUT2D eigenvalue weighted by Gasteiger charge is 2.39. The summed E-state index contributed by atoms with van der Waals surface area (Å²) in [5.41, 5.74) is 0.672. The number of fused-ring (bicyclic) bond motifs is 1. The van der Waals surface area contributed by atoms with E-state index in [2.05, 4.69) is 16.0 Å². The number of hydrogen-bond donors (Lipinski definition) is 4. The van der Waals surface area contributed by atoms with Gasteiger partial charge in [-0.1, -0.05) is 12.1 Å². The summed E-state index contributed by atoms with van der Waals surface area (Å²) in [5, 5.41) is 18.8. The van der Waals surface area contributed by atoms with Crippen LogP contribution in [0.15, 0.2) is 35.6 Å². The van der Waals surface area contributed by atoms with E-state index in [-0.39, 0.29) is 23.3 Å².